The van der Waals surface area contributed by atoms with Crippen LogP contribution in [0.15, 0.2) is 0 Å². The zero-order chi connectivity index (χ0) is 14.2. The number of hydrogen-bond acceptors (Lipinski definition) is 1. The first kappa shape index (κ1) is 16.3. The van der Waals surface area contributed by atoms with Crippen molar-refractivity contribution >= 4 is 0 Å². The first-order chi connectivity index (χ1) is 9.83. The van der Waals surface area contributed by atoms with E-state index in [1.165, 1.54) is 77.0 Å². The molecule has 0 amide bonds. The van der Waals surface area contributed by atoms with Gasteiger partial charge < -0.3 is 4.74 Å². The van der Waals surface area contributed by atoms with Crippen LogP contribution in [0.5, 0.6) is 0 Å². The first-order valence-electron chi connectivity index (χ1n) is 9.45. The summed E-state index contributed by atoms with van der Waals surface area (Å²) in [4.78, 5) is 0. The van der Waals surface area contributed by atoms with Crippen molar-refractivity contribution in [1.29, 1.82) is 0 Å². The molecule has 0 bridgehead atoms. The highest BCUT2D eigenvalue weighted by Crippen LogP contribution is 2.41. The molecule has 0 heterocycles. The van der Waals surface area contributed by atoms with Gasteiger partial charge in [0.05, 0.1) is 6.10 Å². The third-order valence-corrected chi connectivity index (χ3v) is 5.96. The molecule has 0 aromatic rings. The molecule has 0 radical (unpaired) electrons. The van der Waals surface area contributed by atoms with Gasteiger partial charge in [-0.3, -0.25) is 0 Å². The van der Waals surface area contributed by atoms with Crippen LogP contribution in [0, 0.1) is 17.8 Å². The second-order valence-corrected chi connectivity index (χ2v) is 7.30. The molecule has 20 heavy (non-hydrogen) atoms. The maximum absolute atomic E-state index is 6.06. The van der Waals surface area contributed by atoms with Crippen LogP contribution in [0.3, 0.4) is 0 Å². The summed E-state index contributed by atoms with van der Waals surface area (Å²) in [7, 11) is 0. The Balaban J connectivity index is 1.59. The van der Waals surface area contributed by atoms with E-state index in [9.17, 15) is 0 Å². The van der Waals surface area contributed by atoms with Crippen LogP contribution < -0.4 is 0 Å². The van der Waals surface area contributed by atoms with Crippen LogP contribution in [0.25, 0.3) is 0 Å². The van der Waals surface area contributed by atoms with Crippen molar-refractivity contribution in [2.75, 3.05) is 6.61 Å². The fourth-order valence-electron chi connectivity index (χ4n) is 4.40. The molecule has 118 valence electrons. The quantitative estimate of drug-likeness (QED) is 0.522. The molecule has 0 N–H and O–H groups in total. The molecule has 2 rings (SSSR count). The Kier molecular flexibility index (Phi) is 7.41. The van der Waals surface area contributed by atoms with Crippen molar-refractivity contribution in [2.45, 2.75) is 97.0 Å². The minimum absolute atomic E-state index is 0.593. The molecule has 0 atom stereocenters. The summed E-state index contributed by atoms with van der Waals surface area (Å²) >= 11 is 0. The third-order valence-electron chi connectivity index (χ3n) is 5.96. The fourth-order valence-corrected chi connectivity index (χ4v) is 4.40. The summed E-state index contributed by atoms with van der Waals surface area (Å²) in [6.07, 6.45) is 17.5. The third kappa shape index (κ3) is 5.06. The summed E-state index contributed by atoms with van der Waals surface area (Å²) in [6.45, 7) is 5.63. The van der Waals surface area contributed by atoms with Crippen LogP contribution in [-0.2, 0) is 4.74 Å². The highest BCUT2D eigenvalue weighted by atomic mass is 16.5. The summed E-state index contributed by atoms with van der Waals surface area (Å²) in [5, 5.41) is 0. The van der Waals surface area contributed by atoms with Gasteiger partial charge in [-0.15, -0.1) is 0 Å². The number of hydrogen-bond donors (Lipinski definition) is 0. The normalized spacial score (nSPS) is 35.1. The Morgan fingerprint density at radius 2 is 1.35 bits per heavy atom. The minimum atomic E-state index is 0.593. The summed E-state index contributed by atoms with van der Waals surface area (Å²) < 4.78 is 6.06. The van der Waals surface area contributed by atoms with Crippen LogP contribution >= 0.6 is 0 Å². The van der Waals surface area contributed by atoms with Gasteiger partial charge in [0.25, 0.3) is 0 Å². The van der Waals surface area contributed by atoms with Gasteiger partial charge in [-0.05, 0) is 62.7 Å². The zero-order valence-electron chi connectivity index (χ0n) is 13.9. The molecule has 1 heteroatoms. The summed E-state index contributed by atoms with van der Waals surface area (Å²) in [6, 6.07) is 0. The van der Waals surface area contributed by atoms with Crippen molar-refractivity contribution in [3.8, 4) is 0 Å². The fraction of sp³-hybridized carbons (Fsp3) is 1.00. The average molecular weight is 280 g/mol. The predicted molar refractivity (Wildman–Crippen MR) is 87.0 cm³/mol. The van der Waals surface area contributed by atoms with E-state index in [1.54, 1.807) is 0 Å². The Bertz CT molecular complexity index is 234. The second-order valence-electron chi connectivity index (χ2n) is 7.30. The summed E-state index contributed by atoms with van der Waals surface area (Å²) in [5.41, 5.74) is 0. The van der Waals surface area contributed by atoms with Crippen LogP contribution in [0.4, 0.5) is 0 Å². The molecular weight excluding hydrogens is 244 g/mol. The number of rotatable bonds is 7. The predicted octanol–water partition coefficient (Wildman–Crippen LogP) is 5.97. The molecule has 2 aliphatic rings. The Hall–Kier alpha value is -0.0400. The molecule has 0 spiro atoms. The molecule has 0 unspecified atom stereocenters. The smallest absolute Gasteiger partial charge is 0.0575 e. The molecule has 0 aromatic heterocycles. The van der Waals surface area contributed by atoms with Gasteiger partial charge in [0.2, 0.25) is 0 Å². The van der Waals surface area contributed by atoms with Gasteiger partial charge in [-0.1, -0.05) is 46.0 Å². The van der Waals surface area contributed by atoms with Gasteiger partial charge >= 0.3 is 0 Å². The lowest BCUT2D eigenvalue weighted by molar-refractivity contribution is 0.00548. The Morgan fingerprint density at radius 3 is 1.90 bits per heavy atom. The first-order valence-corrected chi connectivity index (χ1v) is 9.45. The van der Waals surface area contributed by atoms with E-state index in [2.05, 4.69) is 13.8 Å². The number of unbranched alkanes of at least 4 members (excludes halogenated alkanes) is 2. The van der Waals surface area contributed by atoms with Gasteiger partial charge in [-0.25, -0.2) is 0 Å². The lowest BCUT2D eigenvalue weighted by atomic mass is 9.70. The van der Waals surface area contributed by atoms with Gasteiger partial charge in [-0.2, -0.15) is 0 Å². The van der Waals surface area contributed by atoms with Gasteiger partial charge in [0, 0.05) is 6.61 Å². The zero-order valence-corrected chi connectivity index (χ0v) is 13.9. The van der Waals surface area contributed by atoms with E-state index >= 15 is 0 Å². The monoisotopic (exact) mass is 280 g/mol. The van der Waals surface area contributed by atoms with E-state index in [-0.39, 0.29) is 0 Å². The van der Waals surface area contributed by atoms with Gasteiger partial charge in [0.1, 0.15) is 0 Å². The topological polar surface area (TPSA) is 9.23 Å². The van der Waals surface area contributed by atoms with Crippen LogP contribution in [0.1, 0.15) is 90.9 Å². The Labute approximate surface area is 126 Å². The van der Waals surface area contributed by atoms with E-state index < -0.39 is 0 Å². The highest BCUT2D eigenvalue weighted by molar-refractivity contribution is 4.82. The van der Waals surface area contributed by atoms with Crippen LogP contribution in [0.2, 0.25) is 0 Å². The SMILES string of the molecule is CCCCCO[C@H]1CC[C@H](C2CCC(CC)CC2)CC1. The van der Waals surface area contributed by atoms with E-state index in [0.717, 1.165) is 24.4 Å². The average Bonchev–Trinajstić information content (AvgIpc) is 2.52. The Morgan fingerprint density at radius 1 is 0.750 bits per heavy atom. The largest absolute Gasteiger partial charge is 0.378 e. The number of ether oxygens (including phenoxy) is 1. The summed E-state index contributed by atoms with van der Waals surface area (Å²) in [5.74, 6) is 3.13. The van der Waals surface area contributed by atoms with E-state index in [0.29, 0.717) is 6.10 Å². The van der Waals surface area contributed by atoms with E-state index in [1.807, 2.05) is 0 Å². The maximum atomic E-state index is 6.06. The molecule has 2 aliphatic carbocycles. The molecular formula is C19H36O. The standard InChI is InChI=1S/C19H36O/c1-3-5-6-15-20-19-13-11-18(12-14-19)17-9-7-16(4-2)8-10-17/h16-19H,3-15H2,1-2H3/t16?,17?,18-,19-. The van der Waals surface area contributed by atoms with Crippen molar-refractivity contribution in [2.24, 2.45) is 17.8 Å². The highest BCUT2D eigenvalue weighted by Gasteiger charge is 2.30. The van der Waals surface area contributed by atoms with Crippen molar-refractivity contribution in [3.05, 3.63) is 0 Å². The maximum Gasteiger partial charge on any atom is 0.0575 e. The molecule has 0 aromatic carbocycles. The molecule has 1 nitrogen and oxygen atoms in total. The van der Waals surface area contributed by atoms with Crippen LogP contribution in [-0.4, -0.2) is 12.7 Å². The lowest BCUT2D eigenvalue weighted by Crippen LogP contribution is -2.28. The van der Waals surface area contributed by atoms with E-state index in [4.69, 9.17) is 4.74 Å². The van der Waals surface area contributed by atoms with Crippen molar-refractivity contribution in [1.82, 2.24) is 0 Å². The van der Waals surface area contributed by atoms with Crippen molar-refractivity contribution in [3.63, 3.8) is 0 Å². The van der Waals surface area contributed by atoms with Gasteiger partial charge in [0.15, 0.2) is 0 Å². The lowest BCUT2D eigenvalue weighted by Gasteiger charge is -2.37. The molecule has 0 saturated heterocycles. The molecule has 2 saturated carbocycles. The second kappa shape index (κ2) is 9.07. The van der Waals surface area contributed by atoms with Crippen molar-refractivity contribution < 1.29 is 4.74 Å². The minimum Gasteiger partial charge on any atom is -0.378 e. The molecule has 2 fully saturated rings. The molecule has 0 aliphatic heterocycles.